The number of rotatable bonds is 3. The molecule has 3 rings (SSSR count). The molecule has 8 heteroatoms. The summed E-state index contributed by atoms with van der Waals surface area (Å²) in [6.45, 7) is 0.915. The summed E-state index contributed by atoms with van der Waals surface area (Å²) in [5.41, 5.74) is 0.687. The Kier molecular flexibility index (Phi) is 4.78. The van der Waals surface area contributed by atoms with Gasteiger partial charge < -0.3 is 14.8 Å². The average Bonchev–Trinajstić information content (AvgIpc) is 2.57. The summed E-state index contributed by atoms with van der Waals surface area (Å²) in [7, 11) is 0. The second kappa shape index (κ2) is 6.98. The van der Waals surface area contributed by atoms with Gasteiger partial charge in [-0.1, -0.05) is 23.2 Å². The van der Waals surface area contributed by atoms with Crippen molar-refractivity contribution in [1.82, 2.24) is 0 Å². The number of nitrogens with zero attached hydrogens (tertiary/aromatic N) is 1. The molecular weight excluding hydrogens is 355 g/mol. The number of ether oxygens (including phenoxy) is 2. The molecule has 124 valence electrons. The minimum absolute atomic E-state index is 0.187. The van der Waals surface area contributed by atoms with Crippen molar-refractivity contribution in [3.05, 3.63) is 46.4 Å². The zero-order valence-corrected chi connectivity index (χ0v) is 13.8. The Morgan fingerprint density at radius 2 is 1.83 bits per heavy atom. The van der Waals surface area contributed by atoms with Crippen LogP contribution in [-0.2, 0) is 4.79 Å². The van der Waals surface area contributed by atoms with Gasteiger partial charge in [0.1, 0.15) is 13.2 Å². The molecule has 2 aromatic carbocycles. The summed E-state index contributed by atoms with van der Waals surface area (Å²) in [6, 6.07) is 8.78. The largest absolute Gasteiger partial charge is 0.486 e. The van der Waals surface area contributed by atoms with Gasteiger partial charge >= 0.3 is 6.03 Å². The van der Waals surface area contributed by atoms with E-state index in [2.05, 4.69) is 5.32 Å². The first-order valence-corrected chi connectivity index (χ1v) is 7.74. The first-order valence-electron chi connectivity index (χ1n) is 6.98. The highest BCUT2D eigenvalue weighted by atomic mass is 35.5. The molecule has 2 aromatic rings. The quantitative estimate of drug-likeness (QED) is 0.834. The van der Waals surface area contributed by atoms with Crippen LogP contribution in [-0.4, -0.2) is 25.7 Å². The smallest absolute Gasteiger partial charge is 0.333 e. The standard InChI is InChI=1S/C16H12Cl2N2O4/c17-10-1-3-13(12(18)7-10)20(9-21)16(22)19-11-2-4-14-15(8-11)24-6-5-23-14/h1-4,7-9H,5-6H2,(H,19,22). The second-order valence-corrected chi connectivity index (χ2v) is 5.70. The third-order valence-electron chi connectivity index (χ3n) is 3.29. The fraction of sp³-hybridized carbons (Fsp3) is 0.125. The Bertz CT molecular complexity index is 798. The summed E-state index contributed by atoms with van der Waals surface area (Å²) < 4.78 is 10.9. The highest BCUT2D eigenvalue weighted by molar-refractivity contribution is 6.37. The minimum Gasteiger partial charge on any atom is -0.486 e. The molecule has 0 saturated heterocycles. The maximum atomic E-state index is 12.4. The van der Waals surface area contributed by atoms with E-state index in [-0.39, 0.29) is 10.7 Å². The molecule has 1 N–H and O–H groups in total. The minimum atomic E-state index is -0.661. The molecule has 6 nitrogen and oxygen atoms in total. The lowest BCUT2D eigenvalue weighted by molar-refractivity contribution is -0.106. The van der Waals surface area contributed by atoms with Gasteiger partial charge in [-0.15, -0.1) is 0 Å². The third-order valence-corrected chi connectivity index (χ3v) is 3.82. The predicted octanol–water partition coefficient (Wildman–Crippen LogP) is 3.96. The van der Waals surface area contributed by atoms with Crippen molar-refractivity contribution >= 4 is 47.0 Å². The van der Waals surface area contributed by atoms with Crippen LogP contribution < -0.4 is 19.7 Å². The topological polar surface area (TPSA) is 67.9 Å². The predicted molar refractivity (Wildman–Crippen MR) is 91.5 cm³/mol. The van der Waals surface area contributed by atoms with Gasteiger partial charge in [0.15, 0.2) is 11.5 Å². The Morgan fingerprint density at radius 1 is 1.08 bits per heavy atom. The number of urea groups is 1. The summed E-state index contributed by atoms with van der Waals surface area (Å²) in [4.78, 5) is 24.6. The maximum Gasteiger partial charge on any atom is 0.333 e. The van der Waals surface area contributed by atoms with Crippen LogP contribution in [0.3, 0.4) is 0 Å². The Hall–Kier alpha value is -2.44. The number of halogens is 2. The molecule has 0 radical (unpaired) electrons. The van der Waals surface area contributed by atoms with E-state index in [1.807, 2.05) is 0 Å². The number of imide groups is 1. The van der Waals surface area contributed by atoms with Gasteiger partial charge in [0, 0.05) is 16.8 Å². The number of fused-ring (bicyclic) bond motifs is 1. The van der Waals surface area contributed by atoms with Gasteiger partial charge in [0.25, 0.3) is 0 Å². The van der Waals surface area contributed by atoms with E-state index in [4.69, 9.17) is 32.7 Å². The highest BCUT2D eigenvalue weighted by Crippen LogP contribution is 2.33. The van der Waals surface area contributed by atoms with Gasteiger partial charge in [-0.2, -0.15) is 0 Å². The molecule has 0 spiro atoms. The van der Waals surface area contributed by atoms with Crippen LogP contribution in [0.1, 0.15) is 0 Å². The summed E-state index contributed by atoms with van der Waals surface area (Å²) in [5, 5.41) is 3.20. The van der Waals surface area contributed by atoms with Crippen molar-refractivity contribution in [2.45, 2.75) is 0 Å². The average molecular weight is 367 g/mol. The molecule has 0 atom stereocenters. The maximum absolute atomic E-state index is 12.4. The van der Waals surface area contributed by atoms with Crippen molar-refractivity contribution in [3.63, 3.8) is 0 Å². The van der Waals surface area contributed by atoms with Crippen LogP contribution in [0.5, 0.6) is 11.5 Å². The van der Waals surface area contributed by atoms with Crippen molar-refractivity contribution < 1.29 is 19.1 Å². The van der Waals surface area contributed by atoms with Crippen LogP contribution in [0.15, 0.2) is 36.4 Å². The van der Waals surface area contributed by atoms with E-state index >= 15 is 0 Å². The Morgan fingerprint density at radius 3 is 2.54 bits per heavy atom. The molecule has 0 aliphatic carbocycles. The monoisotopic (exact) mass is 366 g/mol. The van der Waals surface area contributed by atoms with Gasteiger partial charge in [0.2, 0.25) is 6.41 Å². The van der Waals surface area contributed by atoms with Crippen LogP contribution in [0.4, 0.5) is 16.2 Å². The molecule has 0 aromatic heterocycles. The number of hydrogen-bond acceptors (Lipinski definition) is 4. The number of anilines is 2. The number of amides is 3. The molecule has 0 bridgehead atoms. The van der Waals surface area contributed by atoms with Crippen LogP contribution in [0.2, 0.25) is 10.0 Å². The van der Waals surface area contributed by atoms with Gasteiger partial charge in [-0.3, -0.25) is 4.79 Å². The fourth-order valence-electron chi connectivity index (χ4n) is 2.20. The number of hydrogen-bond donors (Lipinski definition) is 1. The zero-order valence-electron chi connectivity index (χ0n) is 12.3. The van der Waals surface area contributed by atoms with Crippen molar-refractivity contribution in [1.29, 1.82) is 0 Å². The summed E-state index contributed by atoms with van der Waals surface area (Å²) >= 11 is 11.9. The van der Waals surface area contributed by atoms with E-state index in [0.717, 1.165) is 4.90 Å². The third kappa shape index (κ3) is 3.39. The molecule has 0 fully saturated rings. The number of carbonyl (C=O) groups is 2. The molecule has 0 unspecified atom stereocenters. The lowest BCUT2D eigenvalue weighted by Crippen LogP contribution is -2.34. The SMILES string of the molecule is O=CN(C(=O)Nc1ccc2c(c1)OCCO2)c1ccc(Cl)cc1Cl. The molecule has 1 heterocycles. The van der Waals surface area contributed by atoms with Crippen LogP contribution >= 0.6 is 23.2 Å². The molecule has 3 amide bonds. The number of carbonyl (C=O) groups excluding carboxylic acids is 2. The van der Waals surface area contributed by atoms with E-state index in [0.29, 0.717) is 41.8 Å². The van der Waals surface area contributed by atoms with E-state index in [1.54, 1.807) is 18.2 Å². The van der Waals surface area contributed by atoms with Crippen molar-refractivity contribution in [3.8, 4) is 11.5 Å². The highest BCUT2D eigenvalue weighted by Gasteiger charge is 2.19. The number of benzene rings is 2. The van der Waals surface area contributed by atoms with Crippen LogP contribution in [0.25, 0.3) is 0 Å². The van der Waals surface area contributed by atoms with Gasteiger partial charge in [-0.05, 0) is 30.3 Å². The fourth-order valence-corrected chi connectivity index (χ4v) is 2.70. The Labute approximate surface area is 147 Å². The second-order valence-electron chi connectivity index (χ2n) is 4.86. The first-order chi connectivity index (χ1) is 11.6. The lowest BCUT2D eigenvalue weighted by atomic mass is 10.2. The number of nitrogens with one attached hydrogen (secondary N) is 1. The normalized spacial score (nSPS) is 12.4. The summed E-state index contributed by atoms with van der Waals surface area (Å²) in [6.07, 6.45) is 0.377. The van der Waals surface area contributed by atoms with E-state index < -0.39 is 6.03 Å². The molecule has 1 aliphatic rings. The van der Waals surface area contributed by atoms with Crippen molar-refractivity contribution in [2.24, 2.45) is 0 Å². The lowest BCUT2D eigenvalue weighted by Gasteiger charge is -2.20. The molecule has 1 aliphatic heterocycles. The van der Waals surface area contributed by atoms with E-state index in [1.165, 1.54) is 18.2 Å². The summed E-state index contributed by atoms with van der Waals surface area (Å²) in [5.74, 6) is 1.13. The first kappa shape index (κ1) is 16.4. The van der Waals surface area contributed by atoms with E-state index in [9.17, 15) is 9.59 Å². The molecule has 0 saturated carbocycles. The Balaban J connectivity index is 1.81. The molecule has 24 heavy (non-hydrogen) atoms. The van der Waals surface area contributed by atoms with Gasteiger partial charge in [-0.25, -0.2) is 9.69 Å². The van der Waals surface area contributed by atoms with Crippen LogP contribution in [0, 0.1) is 0 Å². The zero-order chi connectivity index (χ0) is 17.1. The molecular formula is C16H12Cl2N2O4. The van der Waals surface area contributed by atoms with Gasteiger partial charge in [0.05, 0.1) is 10.7 Å². The van der Waals surface area contributed by atoms with Crippen molar-refractivity contribution in [2.75, 3.05) is 23.4 Å².